The van der Waals surface area contributed by atoms with Crippen LogP contribution in [0.2, 0.25) is 0 Å². The van der Waals surface area contributed by atoms with Crippen LogP contribution in [0.15, 0.2) is 35.5 Å². The molecule has 0 saturated heterocycles. The number of oxime groups is 1. The minimum Gasteiger partial charge on any atom is -0.387 e. The van der Waals surface area contributed by atoms with Gasteiger partial charge in [0.05, 0.1) is 12.1 Å². The van der Waals surface area contributed by atoms with E-state index in [0.717, 1.165) is 10.5 Å². The molecule has 100 valence electrons. The van der Waals surface area contributed by atoms with Crippen molar-refractivity contribution >= 4 is 11.6 Å². The summed E-state index contributed by atoms with van der Waals surface area (Å²) in [6.45, 7) is -0.275. The van der Waals surface area contributed by atoms with Crippen molar-refractivity contribution in [2.24, 2.45) is 5.16 Å². The zero-order chi connectivity index (χ0) is 14.4. The summed E-state index contributed by atoms with van der Waals surface area (Å²) in [7, 11) is 0. The summed E-state index contributed by atoms with van der Waals surface area (Å²) in [5, 5.41) is 21.1. The SMILES string of the molecule is N#CCN(CC#N)C(=O)C1=NO[C@H](c2ccccc2)C1. The normalized spacial score (nSPS) is 16.5. The van der Waals surface area contributed by atoms with Gasteiger partial charge in [0.2, 0.25) is 0 Å². The zero-order valence-corrected chi connectivity index (χ0v) is 10.7. The van der Waals surface area contributed by atoms with E-state index in [4.69, 9.17) is 15.4 Å². The smallest absolute Gasteiger partial charge is 0.273 e. The topological polar surface area (TPSA) is 89.5 Å². The van der Waals surface area contributed by atoms with Gasteiger partial charge < -0.3 is 9.74 Å². The Morgan fingerprint density at radius 1 is 1.30 bits per heavy atom. The summed E-state index contributed by atoms with van der Waals surface area (Å²) in [4.78, 5) is 18.5. The highest BCUT2D eigenvalue weighted by Gasteiger charge is 2.30. The second kappa shape index (κ2) is 6.35. The fraction of sp³-hybridized carbons (Fsp3) is 0.286. The Morgan fingerprint density at radius 2 is 1.95 bits per heavy atom. The maximum atomic E-state index is 12.1. The quantitative estimate of drug-likeness (QED) is 0.771. The molecule has 20 heavy (non-hydrogen) atoms. The minimum absolute atomic E-state index is 0.137. The van der Waals surface area contributed by atoms with Crippen LogP contribution in [-0.2, 0) is 9.63 Å². The lowest BCUT2D eigenvalue weighted by Gasteiger charge is -2.14. The maximum Gasteiger partial charge on any atom is 0.273 e. The fourth-order valence-corrected chi connectivity index (χ4v) is 1.90. The largest absolute Gasteiger partial charge is 0.387 e. The van der Waals surface area contributed by atoms with Crippen LogP contribution in [0, 0.1) is 22.7 Å². The van der Waals surface area contributed by atoms with Crippen molar-refractivity contribution < 1.29 is 9.63 Å². The van der Waals surface area contributed by atoms with Gasteiger partial charge in [-0.05, 0) is 5.56 Å². The van der Waals surface area contributed by atoms with Crippen LogP contribution in [0.4, 0.5) is 0 Å². The van der Waals surface area contributed by atoms with Gasteiger partial charge in [-0.15, -0.1) is 0 Å². The molecule has 0 N–H and O–H groups in total. The zero-order valence-electron chi connectivity index (χ0n) is 10.7. The van der Waals surface area contributed by atoms with Crippen molar-refractivity contribution in [2.45, 2.75) is 12.5 Å². The molecule has 0 aromatic heterocycles. The van der Waals surface area contributed by atoms with Gasteiger partial charge in [0.25, 0.3) is 5.91 Å². The van der Waals surface area contributed by atoms with Crippen LogP contribution >= 0.6 is 0 Å². The van der Waals surface area contributed by atoms with Crippen molar-refractivity contribution in [3.05, 3.63) is 35.9 Å². The highest BCUT2D eigenvalue weighted by Crippen LogP contribution is 2.27. The van der Waals surface area contributed by atoms with Crippen LogP contribution in [0.5, 0.6) is 0 Å². The molecule has 0 bridgehead atoms. The summed E-state index contributed by atoms with van der Waals surface area (Å²) in [5.41, 5.74) is 1.18. The molecule has 1 aromatic carbocycles. The van der Waals surface area contributed by atoms with Gasteiger partial charge in [-0.3, -0.25) is 4.79 Å². The van der Waals surface area contributed by atoms with Gasteiger partial charge in [0.15, 0.2) is 6.10 Å². The number of carbonyl (C=O) groups is 1. The predicted molar refractivity (Wildman–Crippen MR) is 70.1 cm³/mol. The number of amides is 1. The summed E-state index contributed by atoms with van der Waals surface area (Å²) < 4.78 is 0. The third kappa shape index (κ3) is 2.93. The lowest BCUT2D eigenvalue weighted by Crippen LogP contribution is -2.36. The number of nitriles is 2. The first kappa shape index (κ1) is 13.6. The monoisotopic (exact) mass is 268 g/mol. The molecule has 1 aromatic rings. The number of hydrogen-bond donors (Lipinski definition) is 0. The van der Waals surface area contributed by atoms with Gasteiger partial charge in [0.1, 0.15) is 18.8 Å². The Labute approximate surface area is 116 Å². The Morgan fingerprint density at radius 3 is 2.55 bits per heavy atom. The maximum absolute atomic E-state index is 12.1. The molecule has 0 aliphatic carbocycles. The van der Waals surface area contributed by atoms with Gasteiger partial charge in [-0.2, -0.15) is 10.5 Å². The van der Waals surface area contributed by atoms with E-state index in [1.165, 1.54) is 0 Å². The highest BCUT2D eigenvalue weighted by atomic mass is 16.6. The van der Waals surface area contributed by atoms with E-state index in [-0.39, 0.29) is 24.9 Å². The number of nitrogens with zero attached hydrogens (tertiary/aromatic N) is 4. The molecule has 6 heteroatoms. The molecule has 6 nitrogen and oxygen atoms in total. The van der Waals surface area contributed by atoms with Gasteiger partial charge in [0, 0.05) is 6.42 Å². The summed E-state index contributed by atoms with van der Waals surface area (Å²) >= 11 is 0. The predicted octanol–water partition coefficient (Wildman–Crippen LogP) is 1.38. The molecule has 1 aliphatic heterocycles. The molecule has 1 heterocycles. The van der Waals surface area contributed by atoms with Crippen molar-refractivity contribution in [3.63, 3.8) is 0 Å². The summed E-state index contributed by atoms with van der Waals surface area (Å²) in [6, 6.07) is 13.2. The molecule has 0 unspecified atom stereocenters. The van der Waals surface area contributed by atoms with E-state index in [2.05, 4.69) is 5.16 Å². The average Bonchev–Trinajstić information content (AvgIpc) is 2.97. The molecule has 2 rings (SSSR count). The average molecular weight is 268 g/mol. The standard InChI is InChI=1S/C14H12N4O2/c15-6-8-18(9-7-16)14(19)12-10-13(20-17-12)11-4-2-1-3-5-11/h1-5,13H,8-10H2/t13-/m0/s1. The Bertz CT molecular complexity index is 582. The first-order chi connectivity index (χ1) is 9.76. The summed E-state index contributed by atoms with van der Waals surface area (Å²) in [6.07, 6.45) is 0.0529. The van der Waals surface area contributed by atoms with Gasteiger partial charge in [-0.1, -0.05) is 35.5 Å². The lowest BCUT2D eigenvalue weighted by molar-refractivity contribution is -0.123. The second-order valence-corrected chi connectivity index (χ2v) is 4.22. The number of rotatable bonds is 4. The Balaban J connectivity index is 2.03. The molecule has 0 radical (unpaired) electrons. The van der Waals surface area contributed by atoms with Crippen LogP contribution in [0.25, 0.3) is 0 Å². The third-order valence-corrected chi connectivity index (χ3v) is 2.90. The van der Waals surface area contributed by atoms with E-state index < -0.39 is 5.91 Å². The molecule has 0 fully saturated rings. The molecule has 1 aliphatic rings. The van der Waals surface area contributed by atoms with Crippen LogP contribution in [0.3, 0.4) is 0 Å². The van der Waals surface area contributed by atoms with E-state index in [1.807, 2.05) is 42.5 Å². The van der Waals surface area contributed by atoms with Crippen molar-refractivity contribution in [1.29, 1.82) is 10.5 Å². The first-order valence-corrected chi connectivity index (χ1v) is 6.07. The van der Waals surface area contributed by atoms with E-state index in [9.17, 15) is 4.79 Å². The van der Waals surface area contributed by atoms with E-state index >= 15 is 0 Å². The van der Waals surface area contributed by atoms with Crippen molar-refractivity contribution in [1.82, 2.24) is 4.90 Å². The molecular formula is C14H12N4O2. The minimum atomic E-state index is -0.425. The van der Waals surface area contributed by atoms with Crippen LogP contribution in [-0.4, -0.2) is 29.6 Å². The molecule has 0 saturated carbocycles. The summed E-state index contributed by atoms with van der Waals surface area (Å²) in [5.74, 6) is -0.425. The van der Waals surface area contributed by atoms with E-state index in [0.29, 0.717) is 6.42 Å². The number of hydrogen-bond acceptors (Lipinski definition) is 5. The third-order valence-electron chi connectivity index (χ3n) is 2.90. The molecule has 1 amide bonds. The van der Waals surface area contributed by atoms with E-state index in [1.54, 1.807) is 0 Å². The highest BCUT2D eigenvalue weighted by molar-refractivity contribution is 6.39. The second-order valence-electron chi connectivity index (χ2n) is 4.22. The number of benzene rings is 1. The van der Waals surface area contributed by atoms with Crippen LogP contribution in [0.1, 0.15) is 18.1 Å². The fourth-order valence-electron chi connectivity index (χ4n) is 1.90. The van der Waals surface area contributed by atoms with Gasteiger partial charge in [-0.25, -0.2) is 0 Å². The molecule has 1 atom stereocenters. The van der Waals surface area contributed by atoms with Crippen LogP contribution < -0.4 is 0 Å². The van der Waals surface area contributed by atoms with Crippen molar-refractivity contribution in [3.8, 4) is 12.1 Å². The number of carbonyl (C=O) groups excluding carboxylic acids is 1. The molecule has 0 spiro atoms. The van der Waals surface area contributed by atoms with Crippen molar-refractivity contribution in [2.75, 3.05) is 13.1 Å². The first-order valence-electron chi connectivity index (χ1n) is 6.07. The lowest BCUT2D eigenvalue weighted by atomic mass is 10.0. The van der Waals surface area contributed by atoms with Gasteiger partial charge >= 0.3 is 0 Å². The Kier molecular flexibility index (Phi) is 4.31. The Hall–Kier alpha value is -2.86. The molecular weight excluding hydrogens is 256 g/mol.